The molecule has 0 atom stereocenters. The molecule has 1 amide bonds. The van der Waals surface area contributed by atoms with Gasteiger partial charge in [0.1, 0.15) is 12.4 Å². The first-order valence-corrected chi connectivity index (χ1v) is 6.42. The highest BCUT2D eigenvalue weighted by Crippen LogP contribution is 2.13. The molecule has 106 valence electrons. The molecule has 0 spiro atoms. The van der Waals surface area contributed by atoms with E-state index in [1.54, 1.807) is 19.2 Å². The van der Waals surface area contributed by atoms with Crippen LogP contribution in [0.2, 0.25) is 0 Å². The van der Waals surface area contributed by atoms with Gasteiger partial charge in [0.2, 0.25) is 0 Å². The second kappa shape index (κ2) is 9.35. The van der Waals surface area contributed by atoms with Crippen molar-refractivity contribution in [1.82, 2.24) is 10.6 Å². The first kappa shape index (κ1) is 15.5. The van der Waals surface area contributed by atoms with Crippen molar-refractivity contribution in [3.05, 3.63) is 29.8 Å². The summed E-state index contributed by atoms with van der Waals surface area (Å²) in [5.41, 5.74) is 0.611. The van der Waals surface area contributed by atoms with Crippen molar-refractivity contribution in [3.8, 4) is 5.75 Å². The zero-order valence-corrected chi connectivity index (χ0v) is 11.6. The van der Waals surface area contributed by atoms with Crippen LogP contribution in [0.3, 0.4) is 0 Å². The highest BCUT2D eigenvalue weighted by molar-refractivity contribution is 5.94. The molecule has 5 heteroatoms. The quantitative estimate of drug-likeness (QED) is 0.656. The maximum Gasteiger partial charge on any atom is 0.251 e. The minimum Gasteiger partial charge on any atom is -0.491 e. The van der Waals surface area contributed by atoms with E-state index >= 15 is 0 Å². The van der Waals surface area contributed by atoms with E-state index in [2.05, 4.69) is 10.6 Å². The molecule has 2 N–H and O–H groups in total. The SMILES string of the molecule is CNCCCNC(=O)c1cccc(OCCOC)c1. The van der Waals surface area contributed by atoms with E-state index in [1.807, 2.05) is 19.2 Å². The fraction of sp³-hybridized carbons (Fsp3) is 0.500. The van der Waals surface area contributed by atoms with E-state index in [9.17, 15) is 4.79 Å². The zero-order valence-electron chi connectivity index (χ0n) is 11.6. The van der Waals surface area contributed by atoms with Crippen LogP contribution in [0.25, 0.3) is 0 Å². The van der Waals surface area contributed by atoms with Crippen LogP contribution in [0.1, 0.15) is 16.8 Å². The Hall–Kier alpha value is -1.59. The molecular formula is C14H22N2O3. The fourth-order valence-corrected chi connectivity index (χ4v) is 1.54. The van der Waals surface area contributed by atoms with Crippen LogP contribution in [0.5, 0.6) is 5.75 Å². The predicted molar refractivity (Wildman–Crippen MR) is 74.7 cm³/mol. The van der Waals surface area contributed by atoms with Gasteiger partial charge in [-0.05, 0) is 38.2 Å². The van der Waals surface area contributed by atoms with Gasteiger partial charge in [-0.15, -0.1) is 0 Å². The summed E-state index contributed by atoms with van der Waals surface area (Å²) in [4.78, 5) is 11.9. The summed E-state index contributed by atoms with van der Waals surface area (Å²) in [5, 5.41) is 5.90. The lowest BCUT2D eigenvalue weighted by Gasteiger charge is -2.08. The van der Waals surface area contributed by atoms with Crippen molar-refractivity contribution in [2.24, 2.45) is 0 Å². The van der Waals surface area contributed by atoms with Gasteiger partial charge in [-0.3, -0.25) is 4.79 Å². The average molecular weight is 266 g/mol. The van der Waals surface area contributed by atoms with E-state index in [-0.39, 0.29) is 5.91 Å². The monoisotopic (exact) mass is 266 g/mol. The third-order valence-electron chi connectivity index (χ3n) is 2.54. The Morgan fingerprint density at radius 3 is 2.84 bits per heavy atom. The van der Waals surface area contributed by atoms with Crippen LogP contribution in [0, 0.1) is 0 Å². The third-order valence-corrected chi connectivity index (χ3v) is 2.54. The van der Waals surface area contributed by atoms with Crippen molar-refractivity contribution >= 4 is 5.91 Å². The van der Waals surface area contributed by atoms with Crippen LogP contribution >= 0.6 is 0 Å². The smallest absolute Gasteiger partial charge is 0.251 e. The van der Waals surface area contributed by atoms with Crippen LogP contribution < -0.4 is 15.4 Å². The molecule has 0 radical (unpaired) electrons. The molecule has 19 heavy (non-hydrogen) atoms. The molecule has 1 rings (SSSR count). The maximum atomic E-state index is 11.9. The first-order valence-electron chi connectivity index (χ1n) is 6.42. The first-order chi connectivity index (χ1) is 9.27. The highest BCUT2D eigenvalue weighted by atomic mass is 16.5. The highest BCUT2D eigenvalue weighted by Gasteiger charge is 2.05. The topological polar surface area (TPSA) is 59.6 Å². The number of rotatable bonds is 9. The lowest BCUT2D eigenvalue weighted by Crippen LogP contribution is -2.26. The summed E-state index contributed by atoms with van der Waals surface area (Å²) in [6, 6.07) is 7.15. The van der Waals surface area contributed by atoms with Crippen molar-refractivity contribution < 1.29 is 14.3 Å². The molecule has 0 aromatic heterocycles. The second-order valence-corrected chi connectivity index (χ2v) is 4.08. The summed E-state index contributed by atoms with van der Waals surface area (Å²) in [6.45, 7) is 2.55. The Kier molecular flexibility index (Phi) is 7.62. The van der Waals surface area contributed by atoms with Crippen LogP contribution in [-0.2, 0) is 4.74 Å². The molecule has 1 aromatic rings. The Labute approximate surface area is 114 Å². The largest absolute Gasteiger partial charge is 0.491 e. The minimum absolute atomic E-state index is 0.0757. The number of hydrogen-bond donors (Lipinski definition) is 2. The Balaban J connectivity index is 2.43. The van der Waals surface area contributed by atoms with E-state index in [4.69, 9.17) is 9.47 Å². The Bertz CT molecular complexity index is 383. The van der Waals surface area contributed by atoms with Crippen LogP contribution in [0.4, 0.5) is 0 Å². The van der Waals surface area contributed by atoms with Gasteiger partial charge in [-0.25, -0.2) is 0 Å². The predicted octanol–water partition coefficient (Wildman–Crippen LogP) is 1.05. The van der Waals surface area contributed by atoms with Crippen molar-refractivity contribution in [3.63, 3.8) is 0 Å². The molecule has 0 aliphatic carbocycles. The second-order valence-electron chi connectivity index (χ2n) is 4.08. The molecule has 0 aliphatic heterocycles. The molecule has 0 saturated heterocycles. The van der Waals surface area contributed by atoms with Crippen LogP contribution in [0.15, 0.2) is 24.3 Å². The molecule has 0 bridgehead atoms. The van der Waals surface area contributed by atoms with E-state index < -0.39 is 0 Å². The van der Waals surface area contributed by atoms with Crippen molar-refractivity contribution in [1.29, 1.82) is 0 Å². The number of ether oxygens (including phenoxy) is 2. The van der Waals surface area contributed by atoms with Crippen molar-refractivity contribution in [2.75, 3.05) is 40.5 Å². The number of nitrogens with one attached hydrogen (secondary N) is 2. The number of carbonyl (C=O) groups excluding carboxylic acids is 1. The fourth-order valence-electron chi connectivity index (χ4n) is 1.54. The zero-order chi connectivity index (χ0) is 13.9. The van der Waals surface area contributed by atoms with Crippen molar-refractivity contribution in [2.45, 2.75) is 6.42 Å². The van der Waals surface area contributed by atoms with Gasteiger partial charge < -0.3 is 20.1 Å². The van der Waals surface area contributed by atoms with Gasteiger partial charge in [0.05, 0.1) is 6.61 Å². The van der Waals surface area contributed by atoms with E-state index in [1.165, 1.54) is 0 Å². The molecule has 1 aromatic carbocycles. The van der Waals surface area contributed by atoms with Gasteiger partial charge in [0, 0.05) is 19.2 Å². The number of benzene rings is 1. The lowest BCUT2D eigenvalue weighted by molar-refractivity contribution is 0.0952. The summed E-state index contributed by atoms with van der Waals surface area (Å²) in [6.07, 6.45) is 0.909. The molecule has 5 nitrogen and oxygen atoms in total. The van der Waals surface area contributed by atoms with Crippen LogP contribution in [-0.4, -0.2) is 46.4 Å². The maximum absolute atomic E-state index is 11.9. The summed E-state index contributed by atoms with van der Waals surface area (Å²) >= 11 is 0. The Morgan fingerprint density at radius 2 is 2.11 bits per heavy atom. The van der Waals surface area contributed by atoms with Gasteiger partial charge in [-0.1, -0.05) is 6.07 Å². The number of carbonyl (C=O) groups is 1. The molecule has 0 aliphatic rings. The number of hydrogen-bond acceptors (Lipinski definition) is 4. The standard InChI is InChI=1S/C14H22N2O3/c1-15-7-4-8-16-14(17)12-5-3-6-13(11-12)19-10-9-18-2/h3,5-6,11,15H,4,7-10H2,1-2H3,(H,16,17). The number of amides is 1. The normalized spacial score (nSPS) is 10.2. The summed E-state index contributed by atoms with van der Waals surface area (Å²) in [7, 11) is 3.51. The Morgan fingerprint density at radius 1 is 1.26 bits per heavy atom. The minimum atomic E-state index is -0.0757. The molecule has 0 unspecified atom stereocenters. The van der Waals surface area contributed by atoms with Gasteiger partial charge in [0.15, 0.2) is 0 Å². The van der Waals surface area contributed by atoms with E-state index in [0.717, 1.165) is 13.0 Å². The molecule has 0 saturated carbocycles. The summed E-state index contributed by atoms with van der Waals surface area (Å²) in [5.74, 6) is 0.605. The number of methoxy groups -OCH3 is 1. The molecule has 0 heterocycles. The van der Waals surface area contributed by atoms with Gasteiger partial charge >= 0.3 is 0 Å². The average Bonchev–Trinajstić information content (AvgIpc) is 2.44. The van der Waals surface area contributed by atoms with Gasteiger partial charge in [-0.2, -0.15) is 0 Å². The third kappa shape index (κ3) is 6.22. The van der Waals surface area contributed by atoms with Gasteiger partial charge in [0.25, 0.3) is 5.91 Å². The lowest BCUT2D eigenvalue weighted by atomic mass is 10.2. The molecular weight excluding hydrogens is 244 g/mol. The summed E-state index contributed by atoms with van der Waals surface area (Å²) < 4.78 is 10.4. The molecule has 0 fully saturated rings. The van der Waals surface area contributed by atoms with E-state index in [0.29, 0.717) is 31.1 Å².